The number of nitrogens with one attached hydrogen (secondary N) is 2. The van der Waals surface area contributed by atoms with Crippen molar-refractivity contribution in [3.63, 3.8) is 0 Å². The lowest BCUT2D eigenvalue weighted by atomic mass is 9.85. The Morgan fingerprint density at radius 1 is 1.33 bits per heavy atom. The predicted octanol–water partition coefficient (Wildman–Crippen LogP) is 1.72. The summed E-state index contributed by atoms with van der Waals surface area (Å²) in [6.07, 6.45) is 6.26. The first-order valence-corrected chi connectivity index (χ1v) is 7.40. The van der Waals surface area contributed by atoms with E-state index in [0.29, 0.717) is 0 Å². The second-order valence-corrected chi connectivity index (χ2v) is 5.61. The van der Waals surface area contributed by atoms with Gasteiger partial charge < -0.3 is 10.2 Å². The van der Waals surface area contributed by atoms with E-state index in [9.17, 15) is 0 Å². The minimum absolute atomic E-state index is 0.860. The lowest BCUT2D eigenvalue weighted by Gasteiger charge is -2.25. The number of fused-ring (bicyclic) bond motifs is 1. The van der Waals surface area contributed by atoms with Gasteiger partial charge in [0.1, 0.15) is 0 Å². The van der Waals surface area contributed by atoms with E-state index in [0.717, 1.165) is 32.1 Å². The number of H-pyrrole nitrogens is 1. The number of hydrogen-bond acceptors (Lipinski definition) is 3. The molecule has 0 bridgehead atoms. The molecule has 1 aromatic rings. The largest absolute Gasteiger partial charge is 0.354 e. The number of rotatable bonds is 2. The highest BCUT2D eigenvalue weighted by Gasteiger charge is 2.25. The van der Waals surface area contributed by atoms with Gasteiger partial charge in [-0.3, -0.25) is 5.10 Å². The first-order chi connectivity index (χ1) is 8.88. The van der Waals surface area contributed by atoms with Crippen LogP contribution in [-0.2, 0) is 12.8 Å². The normalized spacial score (nSPS) is 24.7. The molecule has 1 unspecified atom stereocenters. The third-order valence-electron chi connectivity index (χ3n) is 4.44. The minimum Gasteiger partial charge on any atom is -0.354 e. The molecule has 3 rings (SSSR count). The molecule has 1 aromatic heterocycles. The Hall–Kier alpha value is -1.03. The molecule has 1 atom stereocenters. The number of aromatic amines is 1. The highest BCUT2D eigenvalue weighted by Crippen LogP contribution is 2.32. The van der Waals surface area contributed by atoms with Crippen molar-refractivity contribution in [1.29, 1.82) is 0 Å². The van der Waals surface area contributed by atoms with Crippen molar-refractivity contribution in [2.24, 2.45) is 5.92 Å². The summed E-state index contributed by atoms with van der Waals surface area (Å²) in [4.78, 5) is 2.47. The summed E-state index contributed by atoms with van der Waals surface area (Å²) in [5, 5.41) is 11.3. The molecule has 0 saturated carbocycles. The molecule has 1 saturated heterocycles. The van der Waals surface area contributed by atoms with Gasteiger partial charge in [0, 0.05) is 30.9 Å². The summed E-state index contributed by atoms with van der Waals surface area (Å²) in [7, 11) is 0. The summed E-state index contributed by atoms with van der Waals surface area (Å²) in [6.45, 7) is 6.76. The average Bonchev–Trinajstić information content (AvgIpc) is 2.64. The maximum Gasteiger partial charge on any atom is 0.153 e. The maximum absolute atomic E-state index is 4.61. The van der Waals surface area contributed by atoms with E-state index in [4.69, 9.17) is 0 Å². The van der Waals surface area contributed by atoms with Gasteiger partial charge >= 0.3 is 0 Å². The zero-order valence-electron chi connectivity index (χ0n) is 11.3. The topological polar surface area (TPSA) is 44.0 Å². The smallest absolute Gasteiger partial charge is 0.153 e. The van der Waals surface area contributed by atoms with Gasteiger partial charge in [-0.15, -0.1) is 0 Å². The molecule has 4 heteroatoms. The Balaban J connectivity index is 1.82. The number of aryl methyl sites for hydroxylation is 1. The SMILES string of the molecule is CCC1CCc2[nH]nc(N3CCCNCC3)c2C1. The molecule has 0 spiro atoms. The Kier molecular flexibility index (Phi) is 3.55. The molecule has 100 valence electrons. The molecule has 2 N–H and O–H groups in total. The van der Waals surface area contributed by atoms with Gasteiger partial charge in [-0.1, -0.05) is 13.3 Å². The monoisotopic (exact) mass is 248 g/mol. The fraction of sp³-hybridized carbons (Fsp3) is 0.786. The Bertz CT molecular complexity index is 390. The van der Waals surface area contributed by atoms with Crippen molar-refractivity contribution in [2.75, 3.05) is 31.1 Å². The Morgan fingerprint density at radius 2 is 2.28 bits per heavy atom. The van der Waals surface area contributed by atoms with Crippen molar-refractivity contribution >= 4 is 5.82 Å². The van der Waals surface area contributed by atoms with Gasteiger partial charge in [0.15, 0.2) is 5.82 Å². The van der Waals surface area contributed by atoms with E-state index in [1.807, 2.05) is 0 Å². The number of anilines is 1. The average molecular weight is 248 g/mol. The summed E-state index contributed by atoms with van der Waals surface area (Å²) < 4.78 is 0. The molecule has 0 amide bonds. The van der Waals surface area contributed by atoms with E-state index >= 15 is 0 Å². The molecular weight excluding hydrogens is 224 g/mol. The zero-order valence-corrected chi connectivity index (χ0v) is 11.3. The molecule has 18 heavy (non-hydrogen) atoms. The number of nitrogens with zero attached hydrogens (tertiary/aromatic N) is 2. The molecule has 1 fully saturated rings. The molecule has 0 radical (unpaired) electrons. The van der Waals surface area contributed by atoms with Crippen molar-refractivity contribution in [1.82, 2.24) is 15.5 Å². The fourth-order valence-electron chi connectivity index (χ4n) is 3.22. The van der Waals surface area contributed by atoms with Crippen molar-refractivity contribution in [2.45, 2.75) is 39.0 Å². The molecule has 0 aromatic carbocycles. The molecule has 2 heterocycles. The van der Waals surface area contributed by atoms with Gasteiger partial charge in [0.25, 0.3) is 0 Å². The van der Waals surface area contributed by atoms with Crippen molar-refractivity contribution in [3.05, 3.63) is 11.3 Å². The van der Waals surface area contributed by atoms with Crippen LogP contribution in [0.2, 0.25) is 0 Å². The molecule has 1 aliphatic heterocycles. The van der Waals surface area contributed by atoms with Crippen LogP contribution >= 0.6 is 0 Å². The molecule has 1 aliphatic carbocycles. The third kappa shape index (κ3) is 2.26. The minimum atomic E-state index is 0.860. The van der Waals surface area contributed by atoms with Crippen LogP contribution in [0.4, 0.5) is 5.82 Å². The highest BCUT2D eigenvalue weighted by atomic mass is 15.3. The van der Waals surface area contributed by atoms with Crippen LogP contribution in [0.3, 0.4) is 0 Å². The molecular formula is C14H24N4. The number of hydrogen-bond donors (Lipinski definition) is 2. The van der Waals surface area contributed by atoms with E-state index in [1.165, 1.54) is 49.2 Å². The Labute approximate surface area is 109 Å². The quantitative estimate of drug-likeness (QED) is 0.837. The second-order valence-electron chi connectivity index (χ2n) is 5.61. The third-order valence-corrected chi connectivity index (χ3v) is 4.44. The van der Waals surface area contributed by atoms with Crippen LogP contribution in [0.15, 0.2) is 0 Å². The van der Waals surface area contributed by atoms with Crippen LogP contribution in [0.5, 0.6) is 0 Å². The lowest BCUT2D eigenvalue weighted by Crippen LogP contribution is -2.29. The van der Waals surface area contributed by atoms with Crippen LogP contribution in [0, 0.1) is 5.92 Å². The van der Waals surface area contributed by atoms with Crippen molar-refractivity contribution < 1.29 is 0 Å². The van der Waals surface area contributed by atoms with E-state index in [2.05, 4.69) is 27.3 Å². The summed E-state index contributed by atoms with van der Waals surface area (Å²) in [6, 6.07) is 0. The van der Waals surface area contributed by atoms with E-state index < -0.39 is 0 Å². The van der Waals surface area contributed by atoms with Gasteiger partial charge in [0.2, 0.25) is 0 Å². The zero-order chi connectivity index (χ0) is 12.4. The Morgan fingerprint density at radius 3 is 3.17 bits per heavy atom. The van der Waals surface area contributed by atoms with Crippen LogP contribution in [0.25, 0.3) is 0 Å². The second kappa shape index (κ2) is 5.31. The summed E-state index contributed by atoms with van der Waals surface area (Å²) in [5.74, 6) is 2.10. The van der Waals surface area contributed by atoms with Crippen LogP contribution in [-0.4, -0.2) is 36.4 Å². The highest BCUT2D eigenvalue weighted by molar-refractivity contribution is 5.50. The predicted molar refractivity (Wildman–Crippen MR) is 74.1 cm³/mol. The lowest BCUT2D eigenvalue weighted by molar-refractivity contribution is 0.442. The van der Waals surface area contributed by atoms with Gasteiger partial charge in [0.05, 0.1) is 0 Å². The maximum atomic E-state index is 4.61. The first-order valence-electron chi connectivity index (χ1n) is 7.40. The summed E-state index contributed by atoms with van der Waals surface area (Å²) >= 11 is 0. The van der Waals surface area contributed by atoms with Crippen LogP contribution < -0.4 is 10.2 Å². The molecule has 2 aliphatic rings. The summed E-state index contributed by atoms with van der Waals surface area (Å²) in [5.41, 5.74) is 2.90. The van der Waals surface area contributed by atoms with E-state index in [-0.39, 0.29) is 0 Å². The van der Waals surface area contributed by atoms with E-state index in [1.54, 1.807) is 0 Å². The van der Waals surface area contributed by atoms with Crippen LogP contribution in [0.1, 0.15) is 37.4 Å². The fourth-order valence-corrected chi connectivity index (χ4v) is 3.22. The van der Waals surface area contributed by atoms with Gasteiger partial charge in [-0.2, -0.15) is 5.10 Å². The van der Waals surface area contributed by atoms with Gasteiger partial charge in [-0.05, 0) is 38.1 Å². The number of aromatic nitrogens is 2. The standard InChI is InChI=1S/C14H24N4/c1-2-11-4-5-13-12(10-11)14(17-16-13)18-8-3-6-15-7-9-18/h11,15H,2-10H2,1H3,(H,16,17). The van der Waals surface area contributed by atoms with Gasteiger partial charge in [-0.25, -0.2) is 0 Å². The molecule has 4 nitrogen and oxygen atoms in total. The first kappa shape index (κ1) is 12.0. The van der Waals surface area contributed by atoms with Crippen molar-refractivity contribution in [3.8, 4) is 0 Å².